The quantitative estimate of drug-likeness (QED) is 0.669. The van der Waals surface area contributed by atoms with Gasteiger partial charge in [-0.05, 0) is 54.9 Å². The lowest BCUT2D eigenvalue weighted by Crippen LogP contribution is -2.42. The first-order valence-corrected chi connectivity index (χ1v) is 10.9. The lowest BCUT2D eigenvalue weighted by atomic mass is 9.95. The third-order valence-corrected chi connectivity index (χ3v) is 5.91. The Morgan fingerprint density at radius 3 is 2.43 bits per heavy atom. The van der Waals surface area contributed by atoms with Crippen LogP contribution in [0.1, 0.15) is 48.0 Å². The van der Waals surface area contributed by atoms with Crippen LogP contribution < -0.4 is 15.5 Å². The van der Waals surface area contributed by atoms with E-state index in [2.05, 4.69) is 10.6 Å². The van der Waals surface area contributed by atoms with Crippen molar-refractivity contribution in [3.05, 3.63) is 64.7 Å². The topological polar surface area (TPSA) is 61.4 Å². The minimum Gasteiger partial charge on any atom is -0.349 e. The lowest BCUT2D eigenvalue weighted by Gasteiger charge is -2.26. The van der Waals surface area contributed by atoms with Crippen LogP contribution in [0.4, 0.5) is 5.69 Å². The van der Waals surface area contributed by atoms with E-state index in [4.69, 9.17) is 23.8 Å². The van der Waals surface area contributed by atoms with E-state index in [1.807, 2.05) is 18.2 Å². The Hall–Kier alpha value is -2.44. The van der Waals surface area contributed by atoms with Crippen molar-refractivity contribution in [2.75, 3.05) is 11.9 Å². The van der Waals surface area contributed by atoms with Crippen LogP contribution in [0.15, 0.2) is 48.5 Å². The number of hydrogen-bond acceptors (Lipinski definition) is 3. The van der Waals surface area contributed by atoms with E-state index in [0.29, 0.717) is 16.3 Å². The van der Waals surface area contributed by atoms with Crippen molar-refractivity contribution in [1.29, 1.82) is 0 Å². The highest BCUT2D eigenvalue weighted by atomic mass is 35.5. The van der Waals surface area contributed by atoms with Crippen molar-refractivity contribution in [1.82, 2.24) is 10.6 Å². The molecular weight excluding hydrogens is 418 g/mol. The smallest absolute Gasteiger partial charge is 0.253 e. The van der Waals surface area contributed by atoms with Crippen LogP contribution in [0.3, 0.4) is 0 Å². The highest BCUT2D eigenvalue weighted by Crippen LogP contribution is 2.22. The normalized spacial score (nSPS) is 14.1. The van der Waals surface area contributed by atoms with Crippen LogP contribution in [0.5, 0.6) is 0 Å². The first-order chi connectivity index (χ1) is 14.4. The van der Waals surface area contributed by atoms with Crippen LogP contribution in [0.25, 0.3) is 0 Å². The maximum absolute atomic E-state index is 12.9. The monoisotopic (exact) mass is 443 g/mol. The third-order valence-electron chi connectivity index (χ3n) is 5.28. The molecule has 0 radical (unpaired) electrons. The summed E-state index contributed by atoms with van der Waals surface area (Å²) in [6.07, 6.45) is 5.75. The van der Waals surface area contributed by atoms with E-state index >= 15 is 0 Å². The van der Waals surface area contributed by atoms with Crippen LogP contribution in [-0.2, 0) is 11.2 Å². The second kappa shape index (κ2) is 10.5. The summed E-state index contributed by atoms with van der Waals surface area (Å²) in [6, 6.07) is 14.6. The molecule has 0 spiro atoms. The number of nitrogens with one attached hydrogen (secondary N) is 2. The summed E-state index contributed by atoms with van der Waals surface area (Å²) in [5.74, 6) is -0.335. The number of benzene rings is 2. The van der Waals surface area contributed by atoms with Crippen molar-refractivity contribution < 1.29 is 9.59 Å². The van der Waals surface area contributed by atoms with Gasteiger partial charge in [0, 0.05) is 18.1 Å². The predicted molar refractivity (Wildman–Crippen MR) is 125 cm³/mol. The molecule has 3 rings (SSSR count). The standard InChI is InChI=1S/C23H26ClN3O2S/c1-27(23(30)26-21(28)15-16-11-13-17(24)14-12-16)20-10-6-5-9-19(20)22(29)25-18-7-3-2-4-8-18/h5-6,9-14,18H,2-4,7-8,15H2,1H3,(H,25,29)(H,26,28,30). The number of nitrogens with zero attached hydrogens (tertiary/aromatic N) is 1. The Morgan fingerprint density at radius 1 is 1.07 bits per heavy atom. The number of amides is 2. The van der Waals surface area contributed by atoms with E-state index in [1.165, 1.54) is 6.42 Å². The van der Waals surface area contributed by atoms with Gasteiger partial charge in [-0.15, -0.1) is 0 Å². The summed E-state index contributed by atoms with van der Waals surface area (Å²) in [6.45, 7) is 0. The molecule has 0 bridgehead atoms. The maximum Gasteiger partial charge on any atom is 0.253 e. The first kappa shape index (κ1) is 22.2. The average molecular weight is 444 g/mol. The summed E-state index contributed by atoms with van der Waals surface area (Å²) >= 11 is 11.3. The zero-order valence-electron chi connectivity index (χ0n) is 17.0. The number of halogens is 1. The largest absolute Gasteiger partial charge is 0.349 e. The highest BCUT2D eigenvalue weighted by Gasteiger charge is 2.21. The molecule has 0 aliphatic heterocycles. The van der Waals surface area contributed by atoms with Gasteiger partial charge in [-0.1, -0.05) is 55.1 Å². The molecular formula is C23H26ClN3O2S. The number of thiocarbonyl (C=S) groups is 1. The molecule has 0 saturated heterocycles. The number of anilines is 1. The van der Waals surface area contributed by atoms with Gasteiger partial charge >= 0.3 is 0 Å². The number of para-hydroxylation sites is 1. The van der Waals surface area contributed by atoms with Gasteiger partial charge in [0.25, 0.3) is 5.91 Å². The second-order valence-electron chi connectivity index (χ2n) is 7.54. The molecule has 0 atom stereocenters. The average Bonchev–Trinajstić information content (AvgIpc) is 2.75. The summed E-state index contributed by atoms with van der Waals surface area (Å²) in [7, 11) is 1.75. The fraction of sp³-hybridized carbons (Fsp3) is 0.348. The van der Waals surface area contributed by atoms with Crippen LogP contribution in [0.2, 0.25) is 5.02 Å². The molecule has 2 amide bonds. The number of carbonyl (C=O) groups is 2. The molecule has 5 nitrogen and oxygen atoms in total. The van der Waals surface area contributed by atoms with Crippen molar-refractivity contribution in [3.63, 3.8) is 0 Å². The van der Waals surface area contributed by atoms with Gasteiger partial charge in [-0.3, -0.25) is 9.59 Å². The molecule has 158 valence electrons. The molecule has 0 unspecified atom stereocenters. The maximum atomic E-state index is 12.9. The SMILES string of the molecule is CN(C(=S)NC(=O)Cc1ccc(Cl)cc1)c1ccccc1C(=O)NC1CCCCC1. The zero-order valence-corrected chi connectivity index (χ0v) is 18.6. The van der Waals surface area contributed by atoms with Crippen molar-refractivity contribution in [2.45, 2.75) is 44.6 Å². The number of hydrogen-bond donors (Lipinski definition) is 2. The minimum absolute atomic E-state index is 0.111. The van der Waals surface area contributed by atoms with Gasteiger partial charge in [0.15, 0.2) is 5.11 Å². The van der Waals surface area contributed by atoms with E-state index < -0.39 is 0 Å². The molecule has 1 aliphatic rings. The van der Waals surface area contributed by atoms with Gasteiger partial charge in [-0.2, -0.15) is 0 Å². The van der Waals surface area contributed by atoms with E-state index in [1.54, 1.807) is 42.3 Å². The first-order valence-electron chi connectivity index (χ1n) is 10.2. The molecule has 0 heterocycles. The fourth-order valence-corrected chi connectivity index (χ4v) is 3.95. The molecule has 2 N–H and O–H groups in total. The molecule has 2 aromatic carbocycles. The van der Waals surface area contributed by atoms with E-state index in [-0.39, 0.29) is 29.4 Å². The Kier molecular flexibility index (Phi) is 7.82. The van der Waals surface area contributed by atoms with E-state index in [0.717, 1.165) is 31.2 Å². The number of carbonyl (C=O) groups excluding carboxylic acids is 2. The summed E-state index contributed by atoms with van der Waals surface area (Å²) in [5, 5.41) is 6.75. The Balaban J connectivity index is 1.64. The molecule has 1 saturated carbocycles. The fourth-order valence-electron chi connectivity index (χ4n) is 3.61. The number of rotatable bonds is 5. The molecule has 30 heavy (non-hydrogen) atoms. The Labute approximate surface area is 187 Å². The van der Waals surface area contributed by atoms with Crippen LogP contribution in [0, 0.1) is 0 Å². The van der Waals surface area contributed by atoms with Gasteiger partial charge in [-0.25, -0.2) is 0 Å². The van der Waals surface area contributed by atoms with Gasteiger partial charge < -0.3 is 15.5 Å². The zero-order chi connectivity index (χ0) is 21.5. The van der Waals surface area contributed by atoms with Gasteiger partial charge in [0.1, 0.15) is 0 Å². The van der Waals surface area contributed by atoms with Crippen LogP contribution >= 0.6 is 23.8 Å². The van der Waals surface area contributed by atoms with Gasteiger partial charge in [0.2, 0.25) is 5.91 Å². The third kappa shape index (κ3) is 6.03. The van der Waals surface area contributed by atoms with Crippen molar-refractivity contribution in [3.8, 4) is 0 Å². The molecule has 2 aromatic rings. The second-order valence-corrected chi connectivity index (χ2v) is 8.36. The van der Waals surface area contributed by atoms with E-state index in [9.17, 15) is 9.59 Å². The highest BCUT2D eigenvalue weighted by molar-refractivity contribution is 7.80. The Morgan fingerprint density at radius 2 is 1.73 bits per heavy atom. The minimum atomic E-state index is -0.224. The Bertz CT molecular complexity index is 911. The summed E-state index contributed by atoms with van der Waals surface area (Å²) in [4.78, 5) is 26.9. The molecule has 1 aliphatic carbocycles. The molecule has 0 aromatic heterocycles. The summed E-state index contributed by atoms with van der Waals surface area (Å²) in [5.41, 5.74) is 2.04. The lowest BCUT2D eigenvalue weighted by molar-refractivity contribution is -0.119. The summed E-state index contributed by atoms with van der Waals surface area (Å²) < 4.78 is 0. The van der Waals surface area contributed by atoms with Crippen molar-refractivity contribution >= 4 is 46.4 Å². The van der Waals surface area contributed by atoms with Crippen LogP contribution in [-0.4, -0.2) is 30.0 Å². The molecule has 7 heteroatoms. The predicted octanol–water partition coefficient (Wildman–Crippen LogP) is 4.48. The van der Waals surface area contributed by atoms with Gasteiger partial charge in [0.05, 0.1) is 17.7 Å². The van der Waals surface area contributed by atoms with Crippen molar-refractivity contribution in [2.24, 2.45) is 0 Å². The molecule has 1 fully saturated rings.